The van der Waals surface area contributed by atoms with Crippen LogP contribution < -0.4 is 0 Å². The van der Waals surface area contributed by atoms with Crippen molar-refractivity contribution >= 4 is 23.4 Å². The van der Waals surface area contributed by atoms with Crippen molar-refractivity contribution in [2.24, 2.45) is 0 Å². The first-order valence-electron chi connectivity index (χ1n) is 5.42. The predicted octanol–water partition coefficient (Wildman–Crippen LogP) is 3.58. The van der Waals surface area contributed by atoms with Gasteiger partial charge in [0.1, 0.15) is 5.82 Å². The third-order valence-electron chi connectivity index (χ3n) is 2.44. The summed E-state index contributed by atoms with van der Waals surface area (Å²) in [5.74, 6) is -1.63. The Hall–Kier alpha value is -2.41. The van der Waals surface area contributed by atoms with Crippen molar-refractivity contribution in [2.45, 2.75) is 9.79 Å². The summed E-state index contributed by atoms with van der Waals surface area (Å²) in [5.41, 5.74) is -0.445. The van der Waals surface area contributed by atoms with Crippen molar-refractivity contribution in [1.29, 1.82) is 0 Å². The van der Waals surface area contributed by atoms with Gasteiger partial charge in [0.15, 0.2) is 0 Å². The first kappa shape index (κ1) is 14.0. The predicted molar refractivity (Wildman–Crippen MR) is 70.6 cm³/mol. The Morgan fingerprint density at radius 1 is 1.20 bits per heavy atom. The summed E-state index contributed by atoms with van der Waals surface area (Å²) < 4.78 is 12.8. The van der Waals surface area contributed by atoms with Crippen molar-refractivity contribution in [3.05, 3.63) is 64.0 Å². The highest BCUT2D eigenvalue weighted by Crippen LogP contribution is 2.35. The van der Waals surface area contributed by atoms with Crippen LogP contribution in [0.25, 0.3) is 0 Å². The highest BCUT2D eigenvalue weighted by atomic mass is 32.2. The molecule has 0 radical (unpaired) electrons. The summed E-state index contributed by atoms with van der Waals surface area (Å²) in [6, 6.07) is 9.16. The fraction of sp³-hybridized carbons (Fsp3) is 0. The highest BCUT2D eigenvalue weighted by molar-refractivity contribution is 7.99. The molecule has 2 aromatic carbocycles. The number of nitrogens with zero attached hydrogens (tertiary/aromatic N) is 1. The Morgan fingerprint density at radius 2 is 1.85 bits per heavy atom. The van der Waals surface area contributed by atoms with Gasteiger partial charge in [-0.2, -0.15) is 0 Å². The maximum absolute atomic E-state index is 12.8. The number of hydrogen-bond acceptors (Lipinski definition) is 4. The number of rotatable bonds is 4. The van der Waals surface area contributed by atoms with Gasteiger partial charge in [-0.15, -0.1) is 0 Å². The Balaban J connectivity index is 2.38. The zero-order chi connectivity index (χ0) is 14.7. The molecule has 2 rings (SSSR count). The lowest BCUT2D eigenvalue weighted by molar-refractivity contribution is -0.387. The minimum Gasteiger partial charge on any atom is -0.478 e. The van der Waals surface area contributed by atoms with Crippen LogP contribution in [0.4, 0.5) is 10.1 Å². The van der Waals surface area contributed by atoms with Crippen molar-refractivity contribution in [3.8, 4) is 0 Å². The van der Waals surface area contributed by atoms with Gasteiger partial charge in [0.05, 0.1) is 15.4 Å². The van der Waals surface area contributed by atoms with E-state index in [4.69, 9.17) is 5.11 Å². The number of aromatic carboxylic acids is 1. The van der Waals surface area contributed by atoms with E-state index in [9.17, 15) is 19.3 Å². The van der Waals surface area contributed by atoms with E-state index in [1.165, 1.54) is 36.4 Å². The van der Waals surface area contributed by atoms with E-state index >= 15 is 0 Å². The monoisotopic (exact) mass is 293 g/mol. The van der Waals surface area contributed by atoms with E-state index in [-0.39, 0.29) is 11.3 Å². The molecule has 0 heterocycles. The van der Waals surface area contributed by atoms with Crippen LogP contribution in [0.5, 0.6) is 0 Å². The fourth-order valence-electron chi connectivity index (χ4n) is 1.51. The van der Waals surface area contributed by atoms with E-state index in [1.54, 1.807) is 0 Å². The minimum atomic E-state index is -1.23. The lowest BCUT2D eigenvalue weighted by atomic mass is 10.2. The van der Waals surface area contributed by atoms with Gasteiger partial charge in [0.2, 0.25) is 0 Å². The van der Waals surface area contributed by atoms with Gasteiger partial charge in [-0.1, -0.05) is 11.8 Å². The summed E-state index contributed by atoms with van der Waals surface area (Å²) in [5, 5.41) is 19.8. The number of nitro groups is 1. The van der Waals surface area contributed by atoms with Gasteiger partial charge < -0.3 is 5.11 Å². The fourth-order valence-corrected chi connectivity index (χ4v) is 2.41. The second-order valence-corrected chi connectivity index (χ2v) is 4.92. The summed E-state index contributed by atoms with van der Waals surface area (Å²) in [6.07, 6.45) is 0. The Morgan fingerprint density at radius 3 is 2.40 bits per heavy atom. The molecule has 0 fully saturated rings. The summed E-state index contributed by atoms with van der Waals surface area (Å²) in [4.78, 5) is 22.1. The number of carboxylic acid groups (broad SMARTS) is 1. The van der Waals surface area contributed by atoms with E-state index in [0.29, 0.717) is 9.79 Å². The Labute approximate surface area is 117 Å². The molecule has 0 spiro atoms. The maximum atomic E-state index is 12.8. The van der Waals surface area contributed by atoms with Crippen LogP contribution >= 0.6 is 11.8 Å². The van der Waals surface area contributed by atoms with Crippen LogP contribution in [-0.2, 0) is 0 Å². The van der Waals surface area contributed by atoms with Gasteiger partial charge in [-0.25, -0.2) is 9.18 Å². The van der Waals surface area contributed by atoms with E-state index < -0.39 is 16.7 Å². The van der Waals surface area contributed by atoms with Gasteiger partial charge in [-0.05, 0) is 36.4 Å². The van der Waals surface area contributed by atoms with E-state index in [0.717, 1.165) is 17.8 Å². The lowest BCUT2D eigenvalue weighted by Gasteiger charge is -2.04. The molecule has 0 aliphatic carbocycles. The lowest BCUT2D eigenvalue weighted by Crippen LogP contribution is -1.99. The molecule has 0 aliphatic rings. The number of halogens is 1. The molecule has 20 heavy (non-hydrogen) atoms. The average molecular weight is 293 g/mol. The molecule has 0 atom stereocenters. The molecular formula is C13H8FNO4S. The van der Waals surface area contributed by atoms with Crippen molar-refractivity contribution in [1.82, 2.24) is 0 Å². The quantitative estimate of drug-likeness (QED) is 0.688. The van der Waals surface area contributed by atoms with Crippen LogP contribution in [0.1, 0.15) is 10.4 Å². The largest absolute Gasteiger partial charge is 0.478 e. The molecule has 0 bridgehead atoms. The molecule has 0 aliphatic heterocycles. The van der Waals surface area contributed by atoms with E-state index in [2.05, 4.69) is 0 Å². The molecule has 0 amide bonds. The second-order valence-electron chi connectivity index (χ2n) is 3.80. The standard InChI is InChI=1S/C13H8FNO4S/c14-9-2-4-10(5-3-9)20-12-6-1-8(13(16)17)7-11(12)15(18)19/h1-7H,(H,16,17). The first-order chi connectivity index (χ1) is 9.47. The number of carbonyl (C=O) groups is 1. The molecule has 0 saturated heterocycles. The van der Waals surface area contributed by atoms with Gasteiger partial charge in [0.25, 0.3) is 5.69 Å². The zero-order valence-electron chi connectivity index (χ0n) is 9.95. The molecule has 0 unspecified atom stereocenters. The van der Waals surface area contributed by atoms with Crippen LogP contribution in [0, 0.1) is 15.9 Å². The minimum absolute atomic E-state index is 0.153. The van der Waals surface area contributed by atoms with Crippen LogP contribution in [-0.4, -0.2) is 16.0 Å². The number of benzene rings is 2. The first-order valence-corrected chi connectivity index (χ1v) is 6.24. The molecule has 0 aromatic heterocycles. The van der Waals surface area contributed by atoms with Crippen molar-refractivity contribution < 1.29 is 19.2 Å². The van der Waals surface area contributed by atoms with Crippen LogP contribution in [0.15, 0.2) is 52.3 Å². The molecule has 0 saturated carbocycles. The molecule has 5 nitrogen and oxygen atoms in total. The summed E-state index contributed by atoms with van der Waals surface area (Å²) in [6.45, 7) is 0. The van der Waals surface area contributed by atoms with Gasteiger partial charge in [0, 0.05) is 11.0 Å². The van der Waals surface area contributed by atoms with E-state index in [1.807, 2.05) is 0 Å². The second kappa shape index (κ2) is 5.70. The van der Waals surface area contributed by atoms with Crippen molar-refractivity contribution in [3.63, 3.8) is 0 Å². The molecule has 7 heteroatoms. The number of carboxylic acids is 1. The maximum Gasteiger partial charge on any atom is 0.335 e. The zero-order valence-corrected chi connectivity index (χ0v) is 10.8. The summed E-state index contributed by atoms with van der Waals surface area (Å²) in [7, 11) is 0. The van der Waals surface area contributed by atoms with Crippen molar-refractivity contribution in [2.75, 3.05) is 0 Å². The highest BCUT2D eigenvalue weighted by Gasteiger charge is 2.18. The summed E-state index contributed by atoms with van der Waals surface area (Å²) >= 11 is 1.07. The molecule has 2 aromatic rings. The molecule has 102 valence electrons. The number of hydrogen-bond donors (Lipinski definition) is 1. The van der Waals surface area contributed by atoms with Gasteiger partial charge >= 0.3 is 5.97 Å². The van der Waals surface area contributed by atoms with Gasteiger partial charge in [-0.3, -0.25) is 10.1 Å². The average Bonchev–Trinajstić information content (AvgIpc) is 2.41. The van der Waals surface area contributed by atoms with Crippen LogP contribution in [0.2, 0.25) is 0 Å². The Kier molecular flexibility index (Phi) is 3.99. The topological polar surface area (TPSA) is 80.4 Å². The normalized spacial score (nSPS) is 10.2. The molecular weight excluding hydrogens is 285 g/mol. The molecule has 1 N–H and O–H groups in total. The SMILES string of the molecule is O=C(O)c1ccc(Sc2ccc(F)cc2)c([N+](=O)[O-])c1. The smallest absolute Gasteiger partial charge is 0.335 e. The third-order valence-corrected chi connectivity index (χ3v) is 3.52. The van der Waals surface area contributed by atoms with Crippen LogP contribution in [0.3, 0.4) is 0 Å². The Bertz CT molecular complexity index is 673. The number of nitro benzene ring substituents is 1. The third kappa shape index (κ3) is 3.12.